The number of amidine groups is 1. The summed E-state index contributed by atoms with van der Waals surface area (Å²) in [5.74, 6) is -0.0341. The highest BCUT2D eigenvalue weighted by atomic mass is 32.5. The van der Waals surface area contributed by atoms with E-state index in [0.717, 1.165) is 23.3 Å². The van der Waals surface area contributed by atoms with Crippen molar-refractivity contribution < 1.29 is 32.9 Å². The lowest BCUT2D eigenvalue weighted by atomic mass is 10.1. The lowest BCUT2D eigenvalue weighted by molar-refractivity contribution is 0.160. The molecule has 214 valence electrons. The Bertz CT molecular complexity index is 1550. The van der Waals surface area contributed by atoms with Gasteiger partial charge >= 0.3 is 10.5 Å². The number of fused-ring (bicyclic) bond motifs is 2. The first-order valence-corrected chi connectivity index (χ1v) is 13.9. The highest BCUT2D eigenvalue weighted by molar-refractivity contribution is 8.42. The number of hydrogen-bond acceptors (Lipinski definition) is 8. The summed E-state index contributed by atoms with van der Waals surface area (Å²) in [5, 5.41) is 16.0. The van der Waals surface area contributed by atoms with E-state index in [0.29, 0.717) is 60.2 Å². The number of nitrogens with zero attached hydrogens (tertiary/aromatic N) is 5. The summed E-state index contributed by atoms with van der Waals surface area (Å²) in [6.45, 7) is 5.29. The molecule has 1 N–H and O–H groups in total. The molecule has 0 atom stereocenters. The van der Waals surface area contributed by atoms with Gasteiger partial charge in [-0.1, -0.05) is 36.2 Å². The van der Waals surface area contributed by atoms with E-state index in [1.54, 1.807) is 34.4 Å². The number of aliphatic imine (C=N–C) groups is 1. The monoisotopic (exact) mass is 584 g/mol. The second-order valence-corrected chi connectivity index (χ2v) is 11.2. The quantitative estimate of drug-likeness (QED) is 0.178. The lowest BCUT2D eigenvalue weighted by Crippen LogP contribution is -2.55. The van der Waals surface area contributed by atoms with Crippen molar-refractivity contribution in [3.63, 3.8) is 0 Å². The fourth-order valence-corrected chi connectivity index (χ4v) is 4.90. The molecule has 0 aliphatic carbocycles. The third-order valence-electron chi connectivity index (χ3n) is 5.91. The van der Waals surface area contributed by atoms with Gasteiger partial charge in [0.1, 0.15) is 12.4 Å². The van der Waals surface area contributed by atoms with Gasteiger partial charge in [-0.25, -0.2) is 0 Å². The third-order valence-corrected chi connectivity index (χ3v) is 6.42. The molecular weight excluding hydrogens is 559 g/mol. The molecule has 0 radical (unpaired) electrons. The molecule has 2 aliphatic rings. The second-order valence-electron chi connectivity index (χ2n) is 9.27. The van der Waals surface area contributed by atoms with E-state index in [4.69, 9.17) is 14.7 Å². The molecule has 0 bridgehead atoms. The number of allylic oxidation sites excluding steroid dienone is 1. The Balaban J connectivity index is 1.43. The van der Waals surface area contributed by atoms with Gasteiger partial charge in [0.05, 0.1) is 48.9 Å². The Morgan fingerprint density at radius 1 is 1.05 bits per heavy atom. The fraction of sp³-hybridized carbons (Fsp3) is 0.240. The van der Waals surface area contributed by atoms with E-state index in [2.05, 4.69) is 14.3 Å². The number of ether oxygens (including phenoxy) is 1. The SMILES string of the molecule is CC(C)=CN(C=N)c1ccc(/C=C2\OCCN3C2=NCCN3c2ccc(OS(F)(F)(F)(F)F)cc2)c2cnoc12. The smallest absolute Gasteiger partial charge is 0.435 e. The average molecular weight is 585 g/mol. The second kappa shape index (κ2) is 9.15. The van der Waals surface area contributed by atoms with Crippen LogP contribution in [-0.2, 0) is 4.74 Å². The summed E-state index contributed by atoms with van der Waals surface area (Å²) in [5.41, 5.74) is 3.30. The minimum Gasteiger partial charge on any atom is -0.488 e. The molecule has 5 rings (SSSR count). The number of hydrogen-bond donors (Lipinski definition) is 1. The average Bonchev–Trinajstić information content (AvgIpc) is 3.37. The number of aromatic nitrogens is 1. The van der Waals surface area contributed by atoms with Crippen molar-refractivity contribution in [1.82, 2.24) is 10.2 Å². The zero-order chi connectivity index (χ0) is 28.8. The van der Waals surface area contributed by atoms with Crippen molar-refractivity contribution in [2.24, 2.45) is 4.99 Å². The Hall–Kier alpha value is -4.27. The summed E-state index contributed by atoms with van der Waals surface area (Å²) >= 11 is 0. The van der Waals surface area contributed by atoms with Crippen molar-refractivity contribution in [2.75, 3.05) is 36.1 Å². The molecule has 0 spiro atoms. The van der Waals surface area contributed by atoms with Crippen LogP contribution in [0.3, 0.4) is 0 Å². The van der Waals surface area contributed by atoms with Gasteiger partial charge in [0.15, 0.2) is 17.2 Å². The van der Waals surface area contributed by atoms with Crippen LogP contribution in [-0.4, -0.2) is 48.6 Å². The topological polar surface area (TPSA) is 90.4 Å². The zero-order valence-corrected chi connectivity index (χ0v) is 22.2. The summed E-state index contributed by atoms with van der Waals surface area (Å²) in [6.07, 6.45) is 6.33. The van der Waals surface area contributed by atoms with Gasteiger partial charge in [-0.3, -0.25) is 20.4 Å². The van der Waals surface area contributed by atoms with Crippen molar-refractivity contribution in [1.29, 1.82) is 5.41 Å². The molecule has 40 heavy (non-hydrogen) atoms. The summed E-state index contributed by atoms with van der Waals surface area (Å²) in [6, 6.07) is 7.91. The number of morpholine rings is 1. The highest BCUT2D eigenvalue weighted by Crippen LogP contribution is 2.97. The van der Waals surface area contributed by atoms with E-state index in [1.165, 1.54) is 18.5 Å². The van der Waals surface area contributed by atoms with Crippen molar-refractivity contribution in [3.05, 3.63) is 65.7 Å². The molecule has 0 saturated carbocycles. The Kier molecular flexibility index (Phi) is 6.24. The van der Waals surface area contributed by atoms with E-state index in [1.807, 2.05) is 24.9 Å². The number of benzene rings is 2. The van der Waals surface area contributed by atoms with Gasteiger partial charge in [0, 0.05) is 6.20 Å². The number of nitrogens with one attached hydrogen (secondary N) is 1. The Morgan fingerprint density at radius 2 is 1.80 bits per heavy atom. The summed E-state index contributed by atoms with van der Waals surface area (Å²) < 4.78 is 78.1. The van der Waals surface area contributed by atoms with E-state index in [-0.39, 0.29) is 0 Å². The van der Waals surface area contributed by atoms with Crippen LogP contribution < -0.4 is 14.1 Å². The highest BCUT2D eigenvalue weighted by Gasteiger charge is 2.67. The van der Waals surface area contributed by atoms with Crippen LogP contribution in [0.5, 0.6) is 5.75 Å². The predicted octanol–water partition coefficient (Wildman–Crippen LogP) is 7.26. The normalized spacial score (nSPS) is 18.3. The first-order chi connectivity index (χ1) is 18.7. The minimum absolute atomic E-state index is 0.291. The van der Waals surface area contributed by atoms with Gasteiger partial charge < -0.3 is 18.3 Å². The van der Waals surface area contributed by atoms with Crippen LogP contribution in [0.1, 0.15) is 19.4 Å². The first kappa shape index (κ1) is 27.3. The maximum atomic E-state index is 12.7. The lowest BCUT2D eigenvalue weighted by Gasteiger charge is -2.44. The van der Waals surface area contributed by atoms with Gasteiger partial charge in [0.2, 0.25) is 0 Å². The van der Waals surface area contributed by atoms with Gasteiger partial charge in [-0.05, 0) is 55.8 Å². The van der Waals surface area contributed by atoms with E-state index < -0.39 is 16.3 Å². The van der Waals surface area contributed by atoms with Crippen molar-refractivity contribution in [3.8, 4) is 5.75 Å². The summed E-state index contributed by atoms with van der Waals surface area (Å²) in [4.78, 5) is 6.22. The molecule has 0 unspecified atom stereocenters. The van der Waals surface area contributed by atoms with Crippen molar-refractivity contribution >= 4 is 51.1 Å². The van der Waals surface area contributed by atoms with Gasteiger partial charge in [-0.2, -0.15) is 0 Å². The van der Waals surface area contributed by atoms with E-state index >= 15 is 0 Å². The molecule has 1 saturated heterocycles. The molecule has 9 nitrogen and oxygen atoms in total. The van der Waals surface area contributed by atoms with Crippen LogP contribution in [0.25, 0.3) is 17.0 Å². The first-order valence-electron chi connectivity index (χ1n) is 12.0. The van der Waals surface area contributed by atoms with Gasteiger partial charge in [0.25, 0.3) is 0 Å². The maximum absolute atomic E-state index is 12.7. The van der Waals surface area contributed by atoms with Crippen molar-refractivity contribution in [2.45, 2.75) is 13.8 Å². The van der Waals surface area contributed by atoms with Crippen LogP contribution >= 0.6 is 10.5 Å². The van der Waals surface area contributed by atoms with Crippen LogP contribution in [0.2, 0.25) is 0 Å². The molecule has 1 aromatic heterocycles. The standard InChI is InChI=1S/C25H25F5N6O3S/c1-17(2)15-34(16-31)22-8-3-18(21-14-33-38-24(21)22)13-23-25-32-9-10-35(36(25)11-12-37-23)19-4-6-20(7-5-19)39-40(26,27,28,29)30/h3-8,13-16,31H,9-12H2,1-2H3/b23-13-,31-16?. The number of rotatable bonds is 7. The van der Waals surface area contributed by atoms with Gasteiger partial charge in [-0.15, -0.1) is 0 Å². The van der Waals surface area contributed by atoms with Crippen LogP contribution in [0.4, 0.5) is 30.8 Å². The molecule has 0 amide bonds. The van der Waals surface area contributed by atoms with E-state index in [9.17, 15) is 19.4 Å². The Morgan fingerprint density at radius 3 is 2.48 bits per heavy atom. The molecular formula is C25H25F5N6O3S. The largest absolute Gasteiger partial charge is 0.488 e. The molecule has 1 fully saturated rings. The number of halogens is 5. The Labute approximate surface area is 226 Å². The minimum atomic E-state index is -10.1. The zero-order valence-electron chi connectivity index (χ0n) is 21.4. The third kappa shape index (κ3) is 5.98. The molecule has 2 aliphatic heterocycles. The van der Waals surface area contributed by atoms with Crippen LogP contribution in [0, 0.1) is 5.41 Å². The predicted molar refractivity (Wildman–Crippen MR) is 145 cm³/mol. The molecule has 3 heterocycles. The molecule has 15 heteroatoms. The molecule has 2 aromatic carbocycles. The maximum Gasteiger partial charge on any atom is 0.435 e. The number of anilines is 2. The van der Waals surface area contributed by atoms with Crippen LogP contribution in [0.15, 0.2) is 69.6 Å². The fourth-order valence-electron chi connectivity index (χ4n) is 4.43. The molecule has 3 aromatic rings. The number of hydrazine groups is 1. The summed E-state index contributed by atoms with van der Waals surface area (Å²) in [7, 11) is -10.1.